The number of rotatable bonds is 1. The monoisotopic (exact) mass is 234 g/mol. The first-order valence-corrected chi connectivity index (χ1v) is 4.87. The minimum atomic E-state index is -0.642. The standard InChI is InChI=1S/C11H10N2O4/c1-12-9(14)8(6-7-4-3-5-17-7)10(15)13(2)11(12)16/h3-6H,1-2H3. The quantitative estimate of drug-likeness (QED) is 0.530. The molecule has 17 heavy (non-hydrogen) atoms. The van der Waals surface area contributed by atoms with Crippen molar-refractivity contribution in [3.05, 3.63) is 29.7 Å². The largest absolute Gasteiger partial charge is 0.465 e. The maximum absolute atomic E-state index is 11.8. The second kappa shape index (κ2) is 3.89. The van der Waals surface area contributed by atoms with E-state index in [1.807, 2.05) is 0 Å². The van der Waals surface area contributed by atoms with Crippen molar-refractivity contribution in [1.82, 2.24) is 9.80 Å². The number of urea groups is 1. The lowest BCUT2D eigenvalue weighted by Gasteiger charge is -2.28. The second-order valence-corrected chi connectivity index (χ2v) is 3.58. The molecule has 0 N–H and O–H groups in total. The van der Waals surface area contributed by atoms with Crippen LogP contribution in [0.25, 0.3) is 6.08 Å². The molecule has 88 valence electrons. The fourth-order valence-electron chi connectivity index (χ4n) is 1.49. The SMILES string of the molecule is CN1C(=O)C(=Cc2ccco2)C(=O)N(C)C1=O. The molecular weight excluding hydrogens is 224 g/mol. The number of hydrogen-bond acceptors (Lipinski definition) is 4. The first kappa shape index (κ1) is 11.1. The van der Waals surface area contributed by atoms with Crippen LogP contribution < -0.4 is 0 Å². The molecule has 1 fully saturated rings. The Balaban J connectivity index is 2.43. The minimum absolute atomic E-state index is 0.0930. The zero-order valence-corrected chi connectivity index (χ0v) is 9.34. The van der Waals surface area contributed by atoms with E-state index in [1.54, 1.807) is 12.1 Å². The summed E-state index contributed by atoms with van der Waals surface area (Å²) < 4.78 is 5.03. The highest BCUT2D eigenvalue weighted by Gasteiger charge is 2.37. The Kier molecular flexibility index (Phi) is 2.55. The van der Waals surface area contributed by atoms with Crippen LogP contribution in [0.5, 0.6) is 0 Å². The topological polar surface area (TPSA) is 70.8 Å². The molecule has 1 aliphatic rings. The van der Waals surface area contributed by atoms with Crippen LogP contribution >= 0.6 is 0 Å². The average molecular weight is 234 g/mol. The number of nitrogens with zero attached hydrogens (tertiary/aromatic N) is 2. The molecule has 1 aromatic heterocycles. The molecule has 1 aromatic rings. The number of barbiturate groups is 1. The van der Waals surface area contributed by atoms with E-state index in [2.05, 4.69) is 0 Å². The average Bonchev–Trinajstić information content (AvgIpc) is 2.82. The number of likely N-dealkylation sites (N-methyl/N-ethyl adjacent to an activating group) is 2. The first-order valence-electron chi connectivity index (χ1n) is 4.87. The van der Waals surface area contributed by atoms with Gasteiger partial charge in [0.2, 0.25) is 0 Å². The van der Waals surface area contributed by atoms with Crippen molar-refractivity contribution in [2.75, 3.05) is 14.1 Å². The third-order valence-electron chi connectivity index (χ3n) is 2.47. The molecule has 0 unspecified atom stereocenters. The Morgan fingerprint density at radius 3 is 2.18 bits per heavy atom. The Labute approximate surface area is 97.1 Å². The molecular formula is C11H10N2O4. The van der Waals surface area contributed by atoms with Gasteiger partial charge in [0, 0.05) is 14.1 Å². The van der Waals surface area contributed by atoms with Gasteiger partial charge in [-0.15, -0.1) is 0 Å². The van der Waals surface area contributed by atoms with Gasteiger partial charge in [-0.25, -0.2) is 4.79 Å². The lowest BCUT2D eigenvalue weighted by atomic mass is 10.1. The molecule has 0 aromatic carbocycles. The molecule has 0 bridgehead atoms. The van der Waals surface area contributed by atoms with Crippen LogP contribution in [0.4, 0.5) is 4.79 Å². The van der Waals surface area contributed by atoms with Gasteiger partial charge in [-0.1, -0.05) is 0 Å². The molecule has 0 aliphatic carbocycles. The van der Waals surface area contributed by atoms with E-state index in [4.69, 9.17) is 4.42 Å². The highest BCUT2D eigenvalue weighted by molar-refractivity contribution is 6.30. The van der Waals surface area contributed by atoms with Crippen molar-refractivity contribution in [2.24, 2.45) is 0 Å². The molecule has 2 heterocycles. The van der Waals surface area contributed by atoms with E-state index in [-0.39, 0.29) is 5.57 Å². The zero-order chi connectivity index (χ0) is 12.6. The highest BCUT2D eigenvalue weighted by Crippen LogP contribution is 2.17. The maximum atomic E-state index is 11.8. The fraction of sp³-hybridized carbons (Fsp3) is 0.182. The van der Waals surface area contributed by atoms with Gasteiger partial charge in [0.1, 0.15) is 11.3 Å². The number of amides is 4. The third kappa shape index (κ3) is 1.73. The lowest BCUT2D eigenvalue weighted by Crippen LogP contribution is -2.52. The molecule has 6 heteroatoms. The summed E-state index contributed by atoms with van der Waals surface area (Å²) in [6.07, 6.45) is 2.76. The predicted molar refractivity (Wildman–Crippen MR) is 57.6 cm³/mol. The fourth-order valence-corrected chi connectivity index (χ4v) is 1.49. The van der Waals surface area contributed by atoms with Crippen LogP contribution in [0.15, 0.2) is 28.4 Å². The van der Waals surface area contributed by atoms with Gasteiger partial charge in [0.05, 0.1) is 6.26 Å². The molecule has 1 aliphatic heterocycles. The summed E-state index contributed by atoms with van der Waals surface area (Å²) in [6.45, 7) is 0. The summed E-state index contributed by atoms with van der Waals surface area (Å²) in [5, 5.41) is 0. The molecule has 0 spiro atoms. The lowest BCUT2D eigenvalue weighted by molar-refractivity contribution is -0.134. The Hall–Kier alpha value is -2.37. The maximum Gasteiger partial charge on any atom is 0.333 e. The third-order valence-corrected chi connectivity index (χ3v) is 2.47. The van der Waals surface area contributed by atoms with E-state index >= 15 is 0 Å². The van der Waals surface area contributed by atoms with E-state index < -0.39 is 17.8 Å². The van der Waals surface area contributed by atoms with Crippen LogP contribution in [-0.4, -0.2) is 41.7 Å². The second-order valence-electron chi connectivity index (χ2n) is 3.58. The summed E-state index contributed by atoms with van der Waals surface area (Å²) in [7, 11) is 2.65. The summed E-state index contributed by atoms with van der Waals surface area (Å²) in [5.74, 6) is -0.873. The minimum Gasteiger partial charge on any atom is -0.465 e. The number of carbonyl (C=O) groups is 3. The van der Waals surface area contributed by atoms with E-state index in [9.17, 15) is 14.4 Å². The molecule has 0 radical (unpaired) electrons. The zero-order valence-electron chi connectivity index (χ0n) is 9.34. The molecule has 4 amide bonds. The smallest absolute Gasteiger partial charge is 0.333 e. The van der Waals surface area contributed by atoms with Gasteiger partial charge < -0.3 is 4.42 Å². The normalized spacial score (nSPS) is 16.8. The Bertz CT molecular complexity index is 490. The summed E-state index contributed by atoms with van der Waals surface area (Å²) in [4.78, 5) is 36.8. The van der Waals surface area contributed by atoms with E-state index in [1.165, 1.54) is 26.4 Å². The highest BCUT2D eigenvalue weighted by atomic mass is 16.3. The van der Waals surface area contributed by atoms with Gasteiger partial charge in [-0.2, -0.15) is 0 Å². The molecule has 6 nitrogen and oxygen atoms in total. The van der Waals surface area contributed by atoms with Crippen LogP contribution in [0.2, 0.25) is 0 Å². The van der Waals surface area contributed by atoms with E-state index in [0.29, 0.717) is 5.76 Å². The number of carbonyl (C=O) groups excluding carboxylic acids is 3. The molecule has 2 rings (SSSR count). The summed E-state index contributed by atoms with van der Waals surface area (Å²) in [5.41, 5.74) is -0.0930. The van der Waals surface area contributed by atoms with Crippen molar-refractivity contribution < 1.29 is 18.8 Å². The molecule has 0 atom stereocenters. The van der Waals surface area contributed by atoms with Crippen molar-refractivity contribution in [2.45, 2.75) is 0 Å². The summed E-state index contributed by atoms with van der Waals surface area (Å²) >= 11 is 0. The van der Waals surface area contributed by atoms with Crippen LogP contribution in [0.1, 0.15) is 5.76 Å². The first-order chi connectivity index (χ1) is 8.02. The summed E-state index contributed by atoms with van der Waals surface area (Å²) in [6, 6.07) is 2.61. The Morgan fingerprint density at radius 2 is 1.71 bits per heavy atom. The van der Waals surface area contributed by atoms with Gasteiger partial charge in [0.25, 0.3) is 11.8 Å². The van der Waals surface area contributed by atoms with Crippen molar-refractivity contribution >= 4 is 23.9 Å². The van der Waals surface area contributed by atoms with Crippen LogP contribution in [0, 0.1) is 0 Å². The number of furan rings is 1. The van der Waals surface area contributed by atoms with Gasteiger partial charge in [-0.3, -0.25) is 19.4 Å². The van der Waals surface area contributed by atoms with E-state index in [0.717, 1.165) is 9.80 Å². The van der Waals surface area contributed by atoms with Crippen LogP contribution in [0.3, 0.4) is 0 Å². The predicted octanol–water partition coefficient (Wildman–Crippen LogP) is 0.713. The molecule has 0 saturated carbocycles. The molecule has 1 saturated heterocycles. The number of imide groups is 2. The Morgan fingerprint density at radius 1 is 1.12 bits per heavy atom. The van der Waals surface area contributed by atoms with Crippen molar-refractivity contribution in [3.63, 3.8) is 0 Å². The van der Waals surface area contributed by atoms with Crippen molar-refractivity contribution in [1.29, 1.82) is 0 Å². The van der Waals surface area contributed by atoms with Gasteiger partial charge in [-0.05, 0) is 18.2 Å². The number of hydrogen-bond donors (Lipinski definition) is 0. The van der Waals surface area contributed by atoms with Crippen LogP contribution in [-0.2, 0) is 9.59 Å². The van der Waals surface area contributed by atoms with Gasteiger partial charge in [0.15, 0.2) is 0 Å². The van der Waals surface area contributed by atoms with Gasteiger partial charge >= 0.3 is 6.03 Å². The van der Waals surface area contributed by atoms with Crippen molar-refractivity contribution in [3.8, 4) is 0 Å².